The predicted octanol–water partition coefficient (Wildman–Crippen LogP) is 3.01. The molecule has 3 aromatic rings. The number of nitrogens with zero attached hydrogens (tertiary/aromatic N) is 3. The first-order valence-electron chi connectivity index (χ1n) is 7.86. The monoisotopic (exact) mass is 450 g/mol. The average molecular weight is 451 g/mol. The number of halogens is 1. The summed E-state index contributed by atoms with van der Waals surface area (Å²) in [6, 6.07) is 9.13. The fourth-order valence-electron chi connectivity index (χ4n) is 2.26. The van der Waals surface area contributed by atoms with Crippen molar-refractivity contribution in [2.45, 2.75) is 11.8 Å². The van der Waals surface area contributed by atoms with Crippen LogP contribution in [0.3, 0.4) is 0 Å². The zero-order chi connectivity index (χ0) is 19.4. The van der Waals surface area contributed by atoms with Crippen molar-refractivity contribution in [3.8, 4) is 5.82 Å². The third-order valence-corrected chi connectivity index (χ3v) is 5.83. The Morgan fingerprint density at radius 2 is 2.11 bits per heavy atom. The van der Waals surface area contributed by atoms with Crippen molar-refractivity contribution in [1.29, 1.82) is 0 Å². The van der Waals surface area contributed by atoms with Crippen LogP contribution in [0.5, 0.6) is 0 Å². The smallest absolute Gasteiger partial charge is 0.338 e. The highest BCUT2D eigenvalue weighted by Crippen LogP contribution is 2.26. The zero-order valence-electron chi connectivity index (χ0n) is 14.2. The molecule has 2 aromatic heterocycles. The molecule has 0 aliphatic carbocycles. The van der Waals surface area contributed by atoms with E-state index in [1.165, 1.54) is 24.4 Å². The summed E-state index contributed by atoms with van der Waals surface area (Å²) >= 11 is 3.20. The largest absolute Gasteiger partial charge is 0.462 e. The summed E-state index contributed by atoms with van der Waals surface area (Å²) < 4.78 is 34.5. The number of ether oxygens (including phenoxy) is 1. The lowest BCUT2D eigenvalue weighted by Gasteiger charge is -2.11. The lowest BCUT2D eigenvalue weighted by Crippen LogP contribution is -2.14. The summed E-state index contributed by atoms with van der Waals surface area (Å²) in [5, 5.41) is 4.06. The molecule has 0 fully saturated rings. The Kier molecular flexibility index (Phi) is 5.57. The van der Waals surface area contributed by atoms with E-state index in [0.717, 1.165) is 0 Å². The Balaban J connectivity index is 1.81. The topological polar surface area (TPSA) is 103 Å². The molecule has 0 spiro atoms. The molecule has 0 aliphatic rings. The minimum atomic E-state index is -3.88. The van der Waals surface area contributed by atoms with Crippen LogP contribution in [0.1, 0.15) is 17.3 Å². The minimum absolute atomic E-state index is 0.00768. The van der Waals surface area contributed by atoms with Crippen molar-refractivity contribution in [1.82, 2.24) is 14.8 Å². The quantitative estimate of drug-likeness (QED) is 0.578. The van der Waals surface area contributed by atoms with Gasteiger partial charge in [-0.2, -0.15) is 5.10 Å². The Labute approximate surface area is 164 Å². The third kappa shape index (κ3) is 4.34. The molecule has 0 amide bonds. The molecule has 0 aliphatic heterocycles. The van der Waals surface area contributed by atoms with Gasteiger partial charge in [0, 0.05) is 16.9 Å². The van der Waals surface area contributed by atoms with E-state index >= 15 is 0 Å². The van der Waals surface area contributed by atoms with Crippen LogP contribution in [-0.4, -0.2) is 35.8 Å². The van der Waals surface area contributed by atoms with Crippen LogP contribution in [0.2, 0.25) is 0 Å². The normalized spacial score (nSPS) is 11.2. The van der Waals surface area contributed by atoms with Crippen molar-refractivity contribution in [2.75, 3.05) is 11.3 Å². The highest BCUT2D eigenvalue weighted by molar-refractivity contribution is 9.10. The minimum Gasteiger partial charge on any atom is -0.462 e. The molecule has 0 saturated heterocycles. The summed E-state index contributed by atoms with van der Waals surface area (Å²) in [7, 11) is -3.88. The van der Waals surface area contributed by atoms with Crippen molar-refractivity contribution in [3.05, 3.63) is 65.0 Å². The standard InChI is InChI=1S/C17H15BrN4O4S/c1-2-26-17(23)12-4-6-15(14(18)10-12)27(24,25)21-13-5-7-16(19-11-13)22-9-3-8-20-22/h3-11,21H,2H2,1H3. The summed E-state index contributed by atoms with van der Waals surface area (Å²) in [6.45, 7) is 1.93. The second kappa shape index (κ2) is 7.89. The fraction of sp³-hybridized carbons (Fsp3) is 0.118. The number of hydrogen-bond donors (Lipinski definition) is 1. The lowest BCUT2D eigenvalue weighted by molar-refractivity contribution is 0.0526. The Morgan fingerprint density at radius 3 is 2.70 bits per heavy atom. The molecule has 0 saturated carbocycles. The number of aromatic nitrogens is 3. The van der Waals surface area contributed by atoms with Gasteiger partial charge in [0.25, 0.3) is 10.0 Å². The van der Waals surface area contributed by atoms with Gasteiger partial charge in [-0.15, -0.1) is 0 Å². The number of nitrogens with one attached hydrogen (secondary N) is 1. The Hall–Kier alpha value is -2.72. The van der Waals surface area contributed by atoms with Crippen LogP contribution >= 0.6 is 15.9 Å². The molecule has 3 rings (SSSR count). The Morgan fingerprint density at radius 1 is 1.30 bits per heavy atom. The number of carbonyl (C=O) groups excluding carboxylic acids is 1. The molecule has 1 N–H and O–H groups in total. The number of sulfonamides is 1. The first kappa shape index (κ1) is 19.1. The van der Waals surface area contributed by atoms with Gasteiger partial charge in [0.2, 0.25) is 0 Å². The number of hydrogen-bond acceptors (Lipinski definition) is 6. The number of rotatable bonds is 6. The fourth-order valence-corrected chi connectivity index (χ4v) is 4.38. The van der Waals surface area contributed by atoms with Crippen molar-refractivity contribution < 1.29 is 17.9 Å². The third-order valence-electron chi connectivity index (χ3n) is 3.47. The van der Waals surface area contributed by atoms with Crippen LogP contribution in [0.4, 0.5) is 5.69 Å². The Bertz CT molecular complexity index is 1050. The zero-order valence-corrected chi connectivity index (χ0v) is 16.6. The van der Waals surface area contributed by atoms with Crippen molar-refractivity contribution in [2.24, 2.45) is 0 Å². The summed E-state index contributed by atoms with van der Waals surface area (Å²) in [4.78, 5) is 15.9. The maximum absolute atomic E-state index is 12.6. The van der Waals surface area contributed by atoms with Gasteiger partial charge in [-0.25, -0.2) is 22.9 Å². The maximum Gasteiger partial charge on any atom is 0.338 e. The number of pyridine rings is 1. The summed E-state index contributed by atoms with van der Waals surface area (Å²) in [5.41, 5.74) is 0.556. The molecule has 1 aromatic carbocycles. The van der Waals surface area contributed by atoms with Gasteiger partial charge in [-0.05, 0) is 59.3 Å². The molecule has 0 bridgehead atoms. The predicted molar refractivity (Wildman–Crippen MR) is 102 cm³/mol. The van der Waals surface area contributed by atoms with E-state index in [2.05, 4.69) is 30.7 Å². The molecule has 0 radical (unpaired) electrons. The maximum atomic E-state index is 12.6. The van der Waals surface area contributed by atoms with Gasteiger partial charge < -0.3 is 4.74 Å². The second-order valence-electron chi connectivity index (χ2n) is 5.33. The van der Waals surface area contributed by atoms with E-state index in [4.69, 9.17) is 4.74 Å². The molecule has 140 valence electrons. The second-order valence-corrected chi connectivity index (χ2v) is 7.83. The number of carbonyl (C=O) groups is 1. The van der Waals surface area contributed by atoms with Gasteiger partial charge in [-0.3, -0.25) is 4.72 Å². The van der Waals surface area contributed by atoms with Crippen molar-refractivity contribution >= 4 is 37.6 Å². The van der Waals surface area contributed by atoms with Crippen LogP contribution in [0, 0.1) is 0 Å². The summed E-state index contributed by atoms with van der Waals surface area (Å²) in [5.74, 6) is 0.0384. The lowest BCUT2D eigenvalue weighted by atomic mass is 10.2. The number of esters is 1. The van der Waals surface area contributed by atoms with Gasteiger partial charge in [0.15, 0.2) is 5.82 Å². The van der Waals surface area contributed by atoms with E-state index in [1.54, 1.807) is 42.2 Å². The van der Waals surface area contributed by atoms with Gasteiger partial charge in [0.1, 0.15) is 4.90 Å². The number of anilines is 1. The first-order valence-corrected chi connectivity index (χ1v) is 10.1. The van der Waals surface area contributed by atoms with E-state index in [9.17, 15) is 13.2 Å². The van der Waals surface area contributed by atoms with Crippen LogP contribution in [0.25, 0.3) is 5.82 Å². The van der Waals surface area contributed by atoms with E-state index in [1.807, 2.05) is 0 Å². The highest BCUT2D eigenvalue weighted by Gasteiger charge is 2.20. The molecular weight excluding hydrogens is 436 g/mol. The van der Waals surface area contributed by atoms with Crippen molar-refractivity contribution in [3.63, 3.8) is 0 Å². The molecular formula is C17H15BrN4O4S. The highest BCUT2D eigenvalue weighted by atomic mass is 79.9. The van der Waals surface area contributed by atoms with Gasteiger partial charge in [-0.1, -0.05) is 0 Å². The molecule has 2 heterocycles. The first-order chi connectivity index (χ1) is 12.9. The molecule has 8 nitrogen and oxygen atoms in total. The molecule has 0 unspecified atom stereocenters. The van der Waals surface area contributed by atoms with Gasteiger partial charge in [0.05, 0.1) is 24.1 Å². The van der Waals surface area contributed by atoms with Crippen LogP contribution < -0.4 is 4.72 Å². The SMILES string of the molecule is CCOC(=O)c1ccc(S(=O)(=O)Nc2ccc(-n3cccn3)nc2)c(Br)c1. The van der Waals surface area contributed by atoms with Crippen LogP contribution in [-0.2, 0) is 14.8 Å². The van der Waals surface area contributed by atoms with E-state index in [-0.39, 0.29) is 21.5 Å². The molecule has 10 heteroatoms. The van der Waals surface area contributed by atoms with Gasteiger partial charge >= 0.3 is 5.97 Å². The number of benzene rings is 1. The van der Waals surface area contributed by atoms with E-state index < -0.39 is 16.0 Å². The molecule has 27 heavy (non-hydrogen) atoms. The molecule has 0 atom stereocenters. The van der Waals surface area contributed by atoms with E-state index in [0.29, 0.717) is 11.5 Å². The average Bonchev–Trinajstić information content (AvgIpc) is 3.16. The summed E-state index contributed by atoms with van der Waals surface area (Å²) in [6.07, 6.45) is 4.75. The van der Waals surface area contributed by atoms with Crippen LogP contribution in [0.15, 0.2) is 64.4 Å².